The number of hydrogen-bond acceptors (Lipinski definition) is 3. The first-order chi connectivity index (χ1) is 8.32. The average molecular weight is 255 g/mol. The van der Waals surface area contributed by atoms with Gasteiger partial charge in [0.05, 0.1) is 12.2 Å². The van der Waals surface area contributed by atoms with Gasteiger partial charge in [0, 0.05) is 13.1 Å². The summed E-state index contributed by atoms with van der Waals surface area (Å²) < 4.78 is 0. The van der Waals surface area contributed by atoms with Crippen LogP contribution >= 0.6 is 0 Å². The van der Waals surface area contributed by atoms with Crippen molar-refractivity contribution in [3.8, 4) is 0 Å². The molecule has 1 amide bonds. The van der Waals surface area contributed by atoms with Crippen LogP contribution in [-0.4, -0.2) is 55.1 Å². The first kappa shape index (κ1) is 15.4. The van der Waals surface area contributed by atoms with Gasteiger partial charge in [-0.2, -0.15) is 0 Å². The molecule has 0 spiro atoms. The summed E-state index contributed by atoms with van der Waals surface area (Å²) in [7, 11) is 4.09. The van der Waals surface area contributed by atoms with Gasteiger partial charge in [0.25, 0.3) is 0 Å². The molecular weight excluding hydrogens is 226 g/mol. The number of nitrogens with one attached hydrogen (secondary N) is 1. The summed E-state index contributed by atoms with van der Waals surface area (Å²) >= 11 is 0. The van der Waals surface area contributed by atoms with Crippen LogP contribution in [0.4, 0.5) is 0 Å². The van der Waals surface area contributed by atoms with Gasteiger partial charge >= 0.3 is 0 Å². The van der Waals surface area contributed by atoms with Crippen molar-refractivity contribution in [2.75, 3.05) is 27.2 Å². The van der Waals surface area contributed by atoms with Crippen LogP contribution in [0.3, 0.4) is 0 Å². The van der Waals surface area contributed by atoms with Crippen molar-refractivity contribution in [1.82, 2.24) is 15.1 Å². The van der Waals surface area contributed by atoms with E-state index >= 15 is 0 Å². The monoisotopic (exact) mass is 255 g/mol. The molecule has 2 atom stereocenters. The Kier molecular flexibility index (Phi) is 5.60. The molecule has 0 aromatic carbocycles. The van der Waals surface area contributed by atoms with Crippen LogP contribution < -0.4 is 5.32 Å². The zero-order valence-electron chi connectivity index (χ0n) is 12.7. The number of carbonyl (C=O) groups excluding carboxylic acids is 1. The van der Waals surface area contributed by atoms with Gasteiger partial charge in [0.2, 0.25) is 5.91 Å². The lowest BCUT2D eigenvalue weighted by atomic mass is 10.0. The molecule has 18 heavy (non-hydrogen) atoms. The Balaban J connectivity index is 2.68. The molecule has 1 rings (SSSR count). The molecule has 0 aromatic heterocycles. The molecule has 1 heterocycles. The van der Waals surface area contributed by atoms with Gasteiger partial charge in [0.1, 0.15) is 0 Å². The number of likely N-dealkylation sites (N-methyl/N-ethyl adjacent to an activating group) is 1. The first-order valence-electron chi connectivity index (χ1n) is 7.04. The minimum atomic E-state index is 0.0135. The highest BCUT2D eigenvalue weighted by atomic mass is 16.2. The molecule has 2 unspecified atom stereocenters. The highest BCUT2D eigenvalue weighted by Gasteiger charge is 2.39. The second-order valence-corrected chi connectivity index (χ2v) is 6.37. The lowest BCUT2D eigenvalue weighted by Gasteiger charge is -2.28. The van der Waals surface area contributed by atoms with E-state index in [4.69, 9.17) is 0 Å². The van der Waals surface area contributed by atoms with Crippen LogP contribution in [0.15, 0.2) is 0 Å². The van der Waals surface area contributed by atoms with Gasteiger partial charge in [-0.15, -0.1) is 0 Å². The topological polar surface area (TPSA) is 35.6 Å². The molecule has 4 nitrogen and oxygen atoms in total. The van der Waals surface area contributed by atoms with E-state index in [1.54, 1.807) is 0 Å². The summed E-state index contributed by atoms with van der Waals surface area (Å²) in [5, 5.41) is 3.50. The molecule has 0 aromatic rings. The Morgan fingerprint density at radius 1 is 1.28 bits per heavy atom. The van der Waals surface area contributed by atoms with Gasteiger partial charge in [-0.1, -0.05) is 27.7 Å². The number of nitrogens with zero attached hydrogens (tertiary/aromatic N) is 2. The Morgan fingerprint density at radius 2 is 1.89 bits per heavy atom. The van der Waals surface area contributed by atoms with Gasteiger partial charge in [-0.25, -0.2) is 0 Å². The number of rotatable bonds is 6. The predicted octanol–water partition coefficient (Wildman–Crippen LogP) is 1.38. The molecule has 1 N–H and O–H groups in total. The zero-order chi connectivity index (χ0) is 13.9. The van der Waals surface area contributed by atoms with Crippen molar-refractivity contribution in [2.24, 2.45) is 11.8 Å². The van der Waals surface area contributed by atoms with Gasteiger partial charge < -0.3 is 9.80 Å². The molecular formula is C14H29N3O. The Morgan fingerprint density at radius 3 is 2.33 bits per heavy atom. The molecule has 0 radical (unpaired) electrons. The summed E-state index contributed by atoms with van der Waals surface area (Å²) in [6.07, 6.45) is 1.13. The van der Waals surface area contributed by atoms with Crippen LogP contribution in [-0.2, 0) is 4.79 Å². The van der Waals surface area contributed by atoms with Gasteiger partial charge in [-0.3, -0.25) is 10.1 Å². The first-order valence-corrected chi connectivity index (χ1v) is 7.04. The predicted molar refractivity (Wildman–Crippen MR) is 75.3 cm³/mol. The minimum absolute atomic E-state index is 0.0135. The standard InChI is InChI=1S/C14H29N3O/c1-10(2)9-12-14(18)17(8-7-16(5)6)13(15-12)11(3)4/h10-13,15H,7-9H2,1-6H3. The molecule has 0 aliphatic carbocycles. The SMILES string of the molecule is CC(C)CC1NC(C(C)C)N(CCN(C)C)C1=O. The zero-order valence-corrected chi connectivity index (χ0v) is 12.7. The van der Waals surface area contributed by atoms with Crippen LogP contribution in [0.2, 0.25) is 0 Å². The molecule has 4 heteroatoms. The molecule has 1 fully saturated rings. The Hall–Kier alpha value is -0.610. The fourth-order valence-electron chi connectivity index (χ4n) is 2.45. The van der Waals surface area contributed by atoms with Crippen molar-refractivity contribution >= 4 is 5.91 Å². The summed E-state index contributed by atoms with van der Waals surface area (Å²) in [6, 6.07) is 0.0135. The van der Waals surface area contributed by atoms with Crippen molar-refractivity contribution in [3.05, 3.63) is 0 Å². The normalized spacial score (nSPS) is 24.9. The Labute approximate surface area is 112 Å². The van der Waals surface area contributed by atoms with Crippen LogP contribution in [0.5, 0.6) is 0 Å². The third kappa shape index (κ3) is 3.95. The summed E-state index contributed by atoms with van der Waals surface area (Å²) in [6.45, 7) is 10.4. The largest absolute Gasteiger partial charge is 0.324 e. The van der Waals surface area contributed by atoms with Crippen molar-refractivity contribution < 1.29 is 4.79 Å². The highest BCUT2D eigenvalue weighted by Crippen LogP contribution is 2.21. The third-order valence-electron chi connectivity index (χ3n) is 3.42. The van der Waals surface area contributed by atoms with Crippen molar-refractivity contribution in [1.29, 1.82) is 0 Å². The number of carbonyl (C=O) groups is 1. The van der Waals surface area contributed by atoms with E-state index < -0.39 is 0 Å². The molecule has 0 saturated carbocycles. The lowest BCUT2D eigenvalue weighted by Crippen LogP contribution is -2.44. The van der Waals surface area contributed by atoms with Gasteiger partial charge in [0.15, 0.2) is 0 Å². The molecule has 1 aliphatic heterocycles. The van der Waals surface area contributed by atoms with E-state index in [1.807, 2.05) is 19.0 Å². The minimum Gasteiger partial charge on any atom is -0.324 e. The number of hydrogen-bond donors (Lipinski definition) is 1. The van der Waals surface area contributed by atoms with E-state index in [0.29, 0.717) is 11.8 Å². The maximum absolute atomic E-state index is 12.4. The van der Waals surface area contributed by atoms with Crippen LogP contribution in [0.1, 0.15) is 34.1 Å². The second kappa shape index (κ2) is 6.53. The lowest BCUT2D eigenvalue weighted by molar-refractivity contribution is -0.130. The summed E-state index contributed by atoms with van der Waals surface area (Å²) in [5.74, 6) is 1.28. The second-order valence-electron chi connectivity index (χ2n) is 6.37. The maximum Gasteiger partial charge on any atom is 0.241 e. The highest BCUT2D eigenvalue weighted by molar-refractivity contribution is 5.84. The average Bonchev–Trinajstić information content (AvgIpc) is 2.53. The third-order valence-corrected chi connectivity index (χ3v) is 3.42. The van der Waals surface area contributed by atoms with E-state index in [1.165, 1.54) is 0 Å². The van der Waals surface area contributed by atoms with Crippen LogP contribution in [0.25, 0.3) is 0 Å². The maximum atomic E-state index is 12.4. The van der Waals surface area contributed by atoms with E-state index in [9.17, 15) is 4.79 Å². The fourth-order valence-corrected chi connectivity index (χ4v) is 2.45. The summed E-state index contributed by atoms with van der Waals surface area (Å²) in [4.78, 5) is 16.6. The Bertz CT molecular complexity index is 276. The van der Waals surface area contributed by atoms with Crippen molar-refractivity contribution in [2.45, 2.75) is 46.3 Å². The molecule has 1 aliphatic rings. The van der Waals surface area contributed by atoms with E-state index in [-0.39, 0.29) is 18.1 Å². The molecule has 0 bridgehead atoms. The summed E-state index contributed by atoms with van der Waals surface area (Å²) in [5.41, 5.74) is 0. The van der Waals surface area contributed by atoms with Gasteiger partial charge in [-0.05, 0) is 32.4 Å². The fraction of sp³-hybridized carbons (Fsp3) is 0.929. The molecule has 1 saturated heterocycles. The smallest absolute Gasteiger partial charge is 0.241 e. The number of amides is 1. The molecule has 106 valence electrons. The van der Waals surface area contributed by atoms with Crippen LogP contribution in [0, 0.1) is 11.8 Å². The quantitative estimate of drug-likeness (QED) is 0.779. The van der Waals surface area contributed by atoms with E-state index in [0.717, 1.165) is 19.5 Å². The van der Waals surface area contributed by atoms with Crippen molar-refractivity contribution in [3.63, 3.8) is 0 Å². The van der Waals surface area contributed by atoms with E-state index in [2.05, 4.69) is 37.9 Å².